The van der Waals surface area contributed by atoms with Gasteiger partial charge in [0.2, 0.25) is 5.91 Å². The van der Waals surface area contributed by atoms with Crippen LogP contribution in [0.3, 0.4) is 0 Å². The first-order chi connectivity index (χ1) is 9.44. The predicted octanol–water partition coefficient (Wildman–Crippen LogP) is 2.38. The molecule has 1 fully saturated rings. The molecule has 0 aromatic rings. The third-order valence-electron chi connectivity index (χ3n) is 3.11. The highest BCUT2D eigenvalue weighted by molar-refractivity contribution is 8.15. The molecule has 1 aliphatic heterocycles. The summed E-state index contributed by atoms with van der Waals surface area (Å²) in [6, 6.07) is -0.538. The molecule has 120 valence electrons. The SMILES string of the molecule is CC(=O)SC(C)(C)C(=O)N1CCC[C@H]1C(=O)OC(C)(C)C. The van der Waals surface area contributed by atoms with Gasteiger partial charge in [0, 0.05) is 13.5 Å². The van der Waals surface area contributed by atoms with E-state index in [4.69, 9.17) is 4.74 Å². The molecule has 0 unspecified atom stereocenters. The Labute approximate surface area is 130 Å². The molecule has 5 nitrogen and oxygen atoms in total. The molecule has 1 amide bonds. The van der Waals surface area contributed by atoms with E-state index in [-0.39, 0.29) is 17.0 Å². The van der Waals surface area contributed by atoms with Gasteiger partial charge in [0.25, 0.3) is 0 Å². The topological polar surface area (TPSA) is 63.7 Å². The van der Waals surface area contributed by atoms with Crippen molar-refractivity contribution in [1.29, 1.82) is 0 Å². The second kappa shape index (κ2) is 6.38. The van der Waals surface area contributed by atoms with E-state index < -0.39 is 16.4 Å². The van der Waals surface area contributed by atoms with Gasteiger partial charge in [0.1, 0.15) is 11.6 Å². The lowest BCUT2D eigenvalue weighted by Crippen LogP contribution is -2.50. The van der Waals surface area contributed by atoms with Crippen molar-refractivity contribution in [2.45, 2.75) is 70.8 Å². The summed E-state index contributed by atoms with van der Waals surface area (Å²) < 4.78 is 4.52. The zero-order valence-corrected chi connectivity index (χ0v) is 14.5. The molecule has 0 N–H and O–H groups in total. The maximum Gasteiger partial charge on any atom is 0.329 e. The zero-order chi connectivity index (χ0) is 16.4. The van der Waals surface area contributed by atoms with E-state index >= 15 is 0 Å². The van der Waals surface area contributed by atoms with E-state index in [9.17, 15) is 14.4 Å². The third kappa shape index (κ3) is 5.02. The van der Waals surface area contributed by atoms with Crippen molar-refractivity contribution in [1.82, 2.24) is 4.90 Å². The van der Waals surface area contributed by atoms with E-state index in [1.165, 1.54) is 6.92 Å². The Morgan fingerprint density at radius 2 is 1.71 bits per heavy atom. The number of amides is 1. The summed E-state index contributed by atoms with van der Waals surface area (Å²) in [7, 11) is 0. The highest BCUT2D eigenvalue weighted by atomic mass is 32.2. The Morgan fingerprint density at radius 3 is 2.19 bits per heavy atom. The molecule has 0 saturated carbocycles. The van der Waals surface area contributed by atoms with Crippen LogP contribution in [0.25, 0.3) is 0 Å². The van der Waals surface area contributed by atoms with E-state index in [1.807, 2.05) is 20.8 Å². The molecule has 0 aromatic heterocycles. The molecule has 1 heterocycles. The number of hydrogen-bond donors (Lipinski definition) is 0. The number of esters is 1. The first-order valence-corrected chi connectivity index (χ1v) is 7.99. The summed E-state index contributed by atoms with van der Waals surface area (Å²) in [5.74, 6) is -0.548. The summed E-state index contributed by atoms with van der Waals surface area (Å²) in [5.41, 5.74) is -0.571. The summed E-state index contributed by atoms with van der Waals surface area (Å²) in [5, 5.41) is -0.110. The standard InChI is InChI=1S/C15H25NO4S/c1-10(17)21-15(5,6)13(19)16-9-7-8-11(16)12(18)20-14(2,3)4/h11H,7-9H2,1-6H3/t11-/m0/s1. The number of ether oxygens (including phenoxy) is 1. The van der Waals surface area contributed by atoms with Crippen LogP contribution in [0.4, 0.5) is 0 Å². The minimum absolute atomic E-state index is 0.110. The van der Waals surface area contributed by atoms with Crippen molar-refractivity contribution < 1.29 is 19.1 Å². The van der Waals surface area contributed by atoms with Crippen molar-refractivity contribution in [3.8, 4) is 0 Å². The van der Waals surface area contributed by atoms with Crippen LogP contribution in [0.1, 0.15) is 54.4 Å². The Kier molecular flexibility index (Phi) is 5.47. The molecule has 0 spiro atoms. The second-order valence-electron chi connectivity index (χ2n) is 6.79. The van der Waals surface area contributed by atoms with Gasteiger partial charge in [-0.15, -0.1) is 0 Å². The van der Waals surface area contributed by atoms with Crippen LogP contribution in [0.5, 0.6) is 0 Å². The number of carbonyl (C=O) groups excluding carboxylic acids is 3. The number of rotatable bonds is 3. The smallest absolute Gasteiger partial charge is 0.329 e. The molecule has 0 aliphatic carbocycles. The Morgan fingerprint density at radius 1 is 1.14 bits per heavy atom. The van der Waals surface area contributed by atoms with Crippen LogP contribution in [0.2, 0.25) is 0 Å². The molecule has 1 aliphatic rings. The van der Waals surface area contributed by atoms with Crippen LogP contribution in [-0.4, -0.2) is 44.8 Å². The maximum absolute atomic E-state index is 12.6. The van der Waals surface area contributed by atoms with Crippen molar-refractivity contribution in [3.63, 3.8) is 0 Å². The van der Waals surface area contributed by atoms with Gasteiger partial charge in [-0.25, -0.2) is 4.79 Å². The van der Waals surface area contributed by atoms with E-state index in [0.29, 0.717) is 13.0 Å². The van der Waals surface area contributed by atoms with Crippen LogP contribution in [0, 0.1) is 0 Å². The van der Waals surface area contributed by atoms with E-state index in [2.05, 4.69) is 0 Å². The summed E-state index contributed by atoms with van der Waals surface area (Å²) >= 11 is 0.996. The van der Waals surface area contributed by atoms with Gasteiger partial charge in [0.15, 0.2) is 5.12 Å². The zero-order valence-electron chi connectivity index (χ0n) is 13.7. The quantitative estimate of drug-likeness (QED) is 0.748. The second-order valence-corrected chi connectivity index (χ2v) is 8.59. The first-order valence-electron chi connectivity index (χ1n) is 7.17. The molecule has 1 atom stereocenters. The summed E-state index contributed by atoms with van der Waals surface area (Å²) in [6.07, 6.45) is 1.39. The highest BCUT2D eigenvalue weighted by Crippen LogP contribution is 2.31. The van der Waals surface area contributed by atoms with Crippen molar-refractivity contribution in [2.75, 3.05) is 6.54 Å². The lowest BCUT2D eigenvalue weighted by atomic mass is 10.1. The summed E-state index contributed by atoms with van der Waals surface area (Å²) in [6.45, 7) is 10.8. The minimum Gasteiger partial charge on any atom is -0.458 e. The van der Waals surface area contributed by atoms with Crippen molar-refractivity contribution in [3.05, 3.63) is 0 Å². The number of thioether (sulfide) groups is 1. The van der Waals surface area contributed by atoms with E-state index in [0.717, 1.165) is 18.2 Å². The van der Waals surface area contributed by atoms with Crippen LogP contribution < -0.4 is 0 Å². The predicted molar refractivity (Wildman–Crippen MR) is 82.9 cm³/mol. The van der Waals surface area contributed by atoms with Gasteiger partial charge in [0.05, 0.1) is 4.75 Å². The van der Waals surface area contributed by atoms with Gasteiger partial charge in [-0.2, -0.15) is 0 Å². The van der Waals surface area contributed by atoms with Gasteiger partial charge in [-0.05, 0) is 47.5 Å². The lowest BCUT2D eigenvalue weighted by molar-refractivity contribution is -0.163. The van der Waals surface area contributed by atoms with Crippen molar-refractivity contribution in [2.24, 2.45) is 0 Å². The lowest BCUT2D eigenvalue weighted by Gasteiger charge is -2.32. The average molecular weight is 315 g/mol. The molecular formula is C15H25NO4S. The summed E-state index contributed by atoms with van der Waals surface area (Å²) in [4.78, 5) is 37.7. The average Bonchev–Trinajstić information content (AvgIpc) is 2.72. The largest absolute Gasteiger partial charge is 0.458 e. The van der Waals surface area contributed by atoms with Crippen LogP contribution >= 0.6 is 11.8 Å². The molecule has 0 radical (unpaired) electrons. The maximum atomic E-state index is 12.6. The Balaban J connectivity index is 2.84. The van der Waals surface area contributed by atoms with Crippen LogP contribution in [-0.2, 0) is 19.1 Å². The minimum atomic E-state index is -0.865. The molecule has 6 heteroatoms. The number of hydrogen-bond acceptors (Lipinski definition) is 5. The van der Waals surface area contributed by atoms with Gasteiger partial charge >= 0.3 is 5.97 Å². The molecule has 21 heavy (non-hydrogen) atoms. The Hall–Kier alpha value is -1.04. The molecule has 1 saturated heterocycles. The third-order valence-corrected chi connectivity index (χ3v) is 4.08. The molecule has 1 rings (SSSR count). The molecule has 0 bridgehead atoms. The fourth-order valence-electron chi connectivity index (χ4n) is 2.37. The molecule has 0 aromatic carbocycles. The Bertz CT molecular complexity index is 439. The highest BCUT2D eigenvalue weighted by Gasteiger charge is 2.43. The van der Waals surface area contributed by atoms with Gasteiger partial charge in [-0.1, -0.05) is 11.8 Å². The van der Waals surface area contributed by atoms with Crippen LogP contribution in [0.15, 0.2) is 0 Å². The fourth-order valence-corrected chi connectivity index (χ4v) is 3.30. The number of nitrogens with zero attached hydrogens (tertiary/aromatic N) is 1. The monoisotopic (exact) mass is 315 g/mol. The van der Waals surface area contributed by atoms with Gasteiger partial charge < -0.3 is 9.64 Å². The number of likely N-dealkylation sites (tertiary alicyclic amines) is 1. The number of carbonyl (C=O) groups is 3. The molecular weight excluding hydrogens is 290 g/mol. The van der Waals surface area contributed by atoms with Crippen molar-refractivity contribution >= 4 is 28.8 Å². The normalized spacial score (nSPS) is 19.5. The van der Waals surface area contributed by atoms with Gasteiger partial charge in [-0.3, -0.25) is 9.59 Å². The first kappa shape index (κ1) is 18.0. The fraction of sp³-hybridized carbons (Fsp3) is 0.800. The van der Waals surface area contributed by atoms with E-state index in [1.54, 1.807) is 18.7 Å².